The minimum atomic E-state index is -0.270. The van der Waals surface area contributed by atoms with Gasteiger partial charge in [-0.05, 0) is 50.9 Å². The standard InChI is InChI=1S/C14H22FN3/c1-10(2)18-6-5-11(9-18)8-17-14-4-3-12(16)7-13(14)15/h3-4,7,10-11,17H,5-6,8-9,16H2,1-2H3. The highest BCUT2D eigenvalue weighted by molar-refractivity contribution is 5.52. The van der Waals surface area contributed by atoms with Crippen LogP contribution < -0.4 is 11.1 Å². The van der Waals surface area contributed by atoms with E-state index in [1.807, 2.05) is 0 Å². The lowest BCUT2D eigenvalue weighted by molar-refractivity contribution is 0.266. The first-order valence-corrected chi connectivity index (χ1v) is 6.59. The van der Waals surface area contributed by atoms with Crippen LogP contribution in [-0.2, 0) is 0 Å². The maximum absolute atomic E-state index is 13.6. The Bertz CT molecular complexity index is 406. The fraction of sp³-hybridized carbons (Fsp3) is 0.571. The first-order valence-electron chi connectivity index (χ1n) is 6.59. The van der Waals surface area contributed by atoms with Crippen LogP contribution >= 0.6 is 0 Å². The molecule has 0 aromatic heterocycles. The van der Waals surface area contributed by atoms with Gasteiger partial charge in [0.05, 0.1) is 5.69 Å². The molecule has 1 aliphatic heterocycles. The summed E-state index contributed by atoms with van der Waals surface area (Å²) in [5, 5.41) is 3.18. The van der Waals surface area contributed by atoms with E-state index in [4.69, 9.17) is 5.73 Å². The van der Waals surface area contributed by atoms with Crippen LogP contribution in [0.2, 0.25) is 0 Å². The predicted octanol–water partition coefficient (Wildman–Crippen LogP) is 2.55. The molecule has 0 aliphatic carbocycles. The number of halogens is 1. The van der Waals surface area contributed by atoms with Gasteiger partial charge >= 0.3 is 0 Å². The second kappa shape index (κ2) is 5.57. The van der Waals surface area contributed by atoms with Crippen molar-refractivity contribution >= 4 is 11.4 Å². The van der Waals surface area contributed by atoms with Gasteiger partial charge in [-0.2, -0.15) is 0 Å². The van der Waals surface area contributed by atoms with Gasteiger partial charge < -0.3 is 16.0 Å². The number of nitrogens with zero attached hydrogens (tertiary/aromatic N) is 1. The second-order valence-corrected chi connectivity index (χ2v) is 5.36. The topological polar surface area (TPSA) is 41.3 Å². The Balaban J connectivity index is 1.85. The number of nitrogens with one attached hydrogen (secondary N) is 1. The Morgan fingerprint density at radius 1 is 1.50 bits per heavy atom. The number of hydrogen-bond donors (Lipinski definition) is 2. The van der Waals surface area contributed by atoms with Gasteiger partial charge in [-0.1, -0.05) is 0 Å². The molecule has 0 radical (unpaired) electrons. The van der Waals surface area contributed by atoms with Crippen molar-refractivity contribution in [3.05, 3.63) is 24.0 Å². The third kappa shape index (κ3) is 3.13. The van der Waals surface area contributed by atoms with E-state index in [-0.39, 0.29) is 5.82 Å². The zero-order valence-electron chi connectivity index (χ0n) is 11.1. The summed E-state index contributed by atoms with van der Waals surface area (Å²) in [4.78, 5) is 2.46. The van der Waals surface area contributed by atoms with Crippen molar-refractivity contribution in [2.75, 3.05) is 30.7 Å². The van der Waals surface area contributed by atoms with E-state index in [1.165, 1.54) is 12.5 Å². The Morgan fingerprint density at radius 2 is 2.28 bits per heavy atom. The summed E-state index contributed by atoms with van der Waals surface area (Å²) >= 11 is 0. The Kier molecular flexibility index (Phi) is 4.07. The minimum absolute atomic E-state index is 0.270. The van der Waals surface area contributed by atoms with Crippen molar-refractivity contribution in [1.82, 2.24) is 4.90 Å². The highest BCUT2D eigenvalue weighted by atomic mass is 19.1. The Hall–Kier alpha value is -1.29. The molecule has 0 bridgehead atoms. The highest BCUT2D eigenvalue weighted by Gasteiger charge is 2.23. The summed E-state index contributed by atoms with van der Waals surface area (Å²) in [6, 6.07) is 5.39. The third-order valence-corrected chi connectivity index (χ3v) is 3.62. The molecule has 2 rings (SSSR count). The van der Waals surface area contributed by atoms with E-state index in [0.717, 1.165) is 19.6 Å². The lowest BCUT2D eigenvalue weighted by Gasteiger charge is -2.20. The lowest BCUT2D eigenvalue weighted by Crippen LogP contribution is -2.29. The van der Waals surface area contributed by atoms with Gasteiger partial charge in [0.2, 0.25) is 0 Å². The molecule has 1 aromatic carbocycles. The number of nitrogens with two attached hydrogens (primary N) is 1. The average molecular weight is 251 g/mol. The predicted molar refractivity (Wildman–Crippen MR) is 74.1 cm³/mol. The summed E-state index contributed by atoms with van der Waals surface area (Å²) in [5.41, 5.74) is 6.53. The van der Waals surface area contributed by atoms with Crippen LogP contribution in [0.4, 0.5) is 15.8 Å². The monoisotopic (exact) mass is 251 g/mol. The van der Waals surface area contributed by atoms with E-state index < -0.39 is 0 Å². The molecule has 1 aromatic rings. The number of nitrogen functional groups attached to an aromatic ring is 1. The van der Waals surface area contributed by atoms with Gasteiger partial charge in [0.15, 0.2) is 0 Å². The summed E-state index contributed by atoms with van der Waals surface area (Å²) in [6.07, 6.45) is 1.18. The highest BCUT2D eigenvalue weighted by Crippen LogP contribution is 2.21. The number of likely N-dealkylation sites (tertiary alicyclic amines) is 1. The normalized spacial score (nSPS) is 20.6. The first-order chi connectivity index (χ1) is 8.56. The van der Waals surface area contributed by atoms with Gasteiger partial charge in [0.25, 0.3) is 0 Å². The molecule has 3 N–H and O–H groups in total. The van der Waals surface area contributed by atoms with Crippen molar-refractivity contribution in [3.8, 4) is 0 Å². The smallest absolute Gasteiger partial charge is 0.148 e. The molecular formula is C14H22FN3. The van der Waals surface area contributed by atoms with Crippen LogP contribution in [0, 0.1) is 11.7 Å². The van der Waals surface area contributed by atoms with Gasteiger partial charge in [0.1, 0.15) is 5.82 Å². The van der Waals surface area contributed by atoms with Crippen molar-refractivity contribution < 1.29 is 4.39 Å². The van der Waals surface area contributed by atoms with Crippen LogP contribution in [0.1, 0.15) is 20.3 Å². The van der Waals surface area contributed by atoms with Crippen molar-refractivity contribution in [3.63, 3.8) is 0 Å². The minimum Gasteiger partial charge on any atom is -0.399 e. The Morgan fingerprint density at radius 3 is 2.89 bits per heavy atom. The van der Waals surface area contributed by atoms with Crippen LogP contribution in [-0.4, -0.2) is 30.6 Å². The van der Waals surface area contributed by atoms with Crippen LogP contribution in [0.3, 0.4) is 0 Å². The number of anilines is 2. The summed E-state index contributed by atoms with van der Waals surface area (Å²) in [6.45, 7) is 7.50. The molecule has 18 heavy (non-hydrogen) atoms. The summed E-state index contributed by atoms with van der Waals surface area (Å²) in [7, 11) is 0. The quantitative estimate of drug-likeness (QED) is 0.808. The molecule has 3 nitrogen and oxygen atoms in total. The van der Waals surface area contributed by atoms with E-state index in [1.54, 1.807) is 12.1 Å². The maximum atomic E-state index is 13.6. The summed E-state index contributed by atoms with van der Waals surface area (Å²) in [5.74, 6) is 0.332. The SMILES string of the molecule is CC(C)N1CCC(CNc2ccc(N)cc2F)C1. The molecule has 1 aliphatic rings. The van der Waals surface area contributed by atoms with E-state index in [0.29, 0.717) is 23.3 Å². The average Bonchev–Trinajstić information content (AvgIpc) is 2.76. The Labute approximate surface area is 108 Å². The van der Waals surface area contributed by atoms with Gasteiger partial charge in [-0.25, -0.2) is 4.39 Å². The third-order valence-electron chi connectivity index (χ3n) is 3.62. The van der Waals surface area contributed by atoms with Gasteiger partial charge in [-0.3, -0.25) is 0 Å². The first kappa shape index (κ1) is 13.1. The molecule has 1 saturated heterocycles. The molecule has 1 atom stereocenters. The molecule has 4 heteroatoms. The van der Waals surface area contributed by atoms with E-state index in [9.17, 15) is 4.39 Å². The molecule has 1 fully saturated rings. The van der Waals surface area contributed by atoms with Crippen LogP contribution in [0.15, 0.2) is 18.2 Å². The zero-order valence-corrected chi connectivity index (χ0v) is 11.1. The molecular weight excluding hydrogens is 229 g/mol. The number of hydrogen-bond acceptors (Lipinski definition) is 3. The molecule has 0 saturated carbocycles. The van der Waals surface area contributed by atoms with Crippen molar-refractivity contribution in [1.29, 1.82) is 0 Å². The largest absolute Gasteiger partial charge is 0.399 e. The van der Waals surface area contributed by atoms with E-state index in [2.05, 4.69) is 24.1 Å². The van der Waals surface area contributed by atoms with Gasteiger partial charge in [-0.15, -0.1) is 0 Å². The van der Waals surface area contributed by atoms with Crippen molar-refractivity contribution in [2.24, 2.45) is 5.92 Å². The van der Waals surface area contributed by atoms with E-state index >= 15 is 0 Å². The fourth-order valence-electron chi connectivity index (χ4n) is 2.43. The lowest BCUT2D eigenvalue weighted by atomic mass is 10.1. The maximum Gasteiger partial charge on any atom is 0.148 e. The second-order valence-electron chi connectivity index (χ2n) is 5.36. The van der Waals surface area contributed by atoms with Crippen LogP contribution in [0.25, 0.3) is 0 Å². The zero-order chi connectivity index (χ0) is 13.1. The van der Waals surface area contributed by atoms with Crippen LogP contribution in [0.5, 0.6) is 0 Å². The van der Waals surface area contributed by atoms with Crippen molar-refractivity contribution in [2.45, 2.75) is 26.3 Å². The fourth-order valence-corrected chi connectivity index (χ4v) is 2.43. The molecule has 100 valence electrons. The molecule has 0 amide bonds. The molecule has 1 heterocycles. The summed E-state index contributed by atoms with van der Waals surface area (Å²) < 4.78 is 13.6. The molecule has 1 unspecified atom stereocenters. The molecule has 0 spiro atoms. The number of benzene rings is 1. The number of rotatable bonds is 4. The van der Waals surface area contributed by atoms with Gasteiger partial charge in [0, 0.05) is 24.8 Å².